The number of halogens is 4. The number of alkyl halides is 3. The van der Waals surface area contributed by atoms with Gasteiger partial charge in [-0.1, -0.05) is 35.3 Å². The van der Waals surface area contributed by atoms with E-state index in [1.54, 1.807) is 30.3 Å². The standard InChI is InChI=1S/C26H23BrF3N3O3S/c1-2-3-13-36-22-12-9-18(27)15-21(22)24(35)33-25(37)32-19-10-7-16(8-11-19)23(34)31-20-6-4-5-17(14-20)26(28,29)30/h4-12,14-15H,2-3,13H2,1H3,(H,31,34)(H2,32,33,35,37). The highest BCUT2D eigenvalue weighted by atomic mass is 79.9. The normalized spacial score (nSPS) is 10.9. The van der Waals surface area contributed by atoms with Crippen LogP contribution >= 0.6 is 28.1 Å². The van der Waals surface area contributed by atoms with Crippen LogP contribution in [0.15, 0.2) is 71.2 Å². The number of carbonyl (C=O) groups excluding carboxylic acids is 2. The van der Waals surface area contributed by atoms with Crippen LogP contribution in [0.3, 0.4) is 0 Å². The van der Waals surface area contributed by atoms with E-state index >= 15 is 0 Å². The maximum absolute atomic E-state index is 12.9. The highest BCUT2D eigenvalue weighted by molar-refractivity contribution is 9.10. The lowest BCUT2D eigenvalue weighted by Gasteiger charge is -2.14. The van der Waals surface area contributed by atoms with Gasteiger partial charge in [0.15, 0.2) is 5.11 Å². The van der Waals surface area contributed by atoms with Gasteiger partial charge in [-0.25, -0.2) is 0 Å². The van der Waals surface area contributed by atoms with Crippen LogP contribution in [0.4, 0.5) is 24.5 Å². The first-order valence-electron chi connectivity index (χ1n) is 11.2. The molecule has 0 heterocycles. The van der Waals surface area contributed by atoms with Crippen molar-refractivity contribution in [1.29, 1.82) is 0 Å². The zero-order valence-corrected chi connectivity index (χ0v) is 22.0. The van der Waals surface area contributed by atoms with E-state index in [-0.39, 0.29) is 16.4 Å². The first kappa shape index (κ1) is 28.1. The average Bonchev–Trinajstić information content (AvgIpc) is 2.85. The van der Waals surface area contributed by atoms with Gasteiger partial charge < -0.3 is 15.4 Å². The summed E-state index contributed by atoms with van der Waals surface area (Å²) in [6.45, 7) is 2.52. The molecule has 194 valence electrons. The zero-order valence-electron chi connectivity index (χ0n) is 19.6. The maximum Gasteiger partial charge on any atom is 0.416 e. The number of carbonyl (C=O) groups is 2. The number of benzene rings is 3. The number of hydrogen-bond donors (Lipinski definition) is 3. The van der Waals surface area contributed by atoms with Crippen LogP contribution in [0.1, 0.15) is 46.0 Å². The third-order valence-electron chi connectivity index (χ3n) is 5.02. The van der Waals surface area contributed by atoms with Crippen molar-refractivity contribution in [3.8, 4) is 5.75 Å². The lowest BCUT2D eigenvalue weighted by Crippen LogP contribution is -2.34. The van der Waals surface area contributed by atoms with Gasteiger partial charge in [-0.2, -0.15) is 13.2 Å². The van der Waals surface area contributed by atoms with Gasteiger partial charge in [0.25, 0.3) is 11.8 Å². The van der Waals surface area contributed by atoms with Crippen molar-refractivity contribution in [2.75, 3.05) is 17.2 Å². The van der Waals surface area contributed by atoms with Crippen molar-refractivity contribution >= 4 is 56.4 Å². The fourth-order valence-electron chi connectivity index (χ4n) is 3.15. The Kier molecular flexibility index (Phi) is 9.65. The maximum atomic E-state index is 12.9. The van der Waals surface area contributed by atoms with Crippen LogP contribution < -0.4 is 20.7 Å². The van der Waals surface area contributed by atoms with E-state index in [2.05, 4.69) is 31.9 Å². The Labute approximate surface area is 225 Å². The van der Waals surface area contributed by atoms with Crippen molar-refractivity contribution in [3.05, 3.63) is 87.9 Å². The summed E-state index contributed by atoms with van der Waals surface area (Å²) in [5, 5.41) is 7.94. The number of nitrogens with one attached hydrogen (secondary N) is 3. The van der Waals surface area contributed by atoms with Crippen molar-refractivity contribution in [3.63, 3.8) is 0 Å². The molecule has 3 aromatic rings. The van der Waals surface area contributed by atoms with Crippen LogP contribution in [0.5, 0.6) is 5.75 Å². The Morgan fingerprint density at radius 1 is 0.946 bits per heavy atom. The summed E-state index contributed by atoms with van der Waals surface area (Å²) in [7, 11) is 0. The van der Waals surface area contributed by atoms with E-state index in [1.165, 1.54) is 24.3 Å². The minimum atomic E-state index is -4.51. The molecule has 0 spiro atoms. The molecular formula is C26H23BrF3N3O3S. The van der Waals surface area contributed by atoms with Gasteiger partial charge in [-0.3, -0.25) is 14.9 Å². The lowest BCUT2D eigenvalue weighted by molar-refractivity contribution is -0.137. The molecule has 6 nitrogen and oxygen atoms in total. The lowest BCUT2D eigenvalue weighted by atomic mass is 10.1. The molecule has 0 saturated carbocycles. The van der Waals surface area contributed by atoms with Gasteiger partial charge in [0.2, 0.25) is 0 Å². The molecule has 11 heteroatoms. The molecule has 0 aromatic heterocycles. The van der Waals surface area contributed by atoms with Crippen LogP contribution in [0.2, 0.25) is 0 Å². The molecule has 0 aliphatic heterocycles. The predicted octanol–water partition coefficient (Wildman–Crippen LogP) is 7.03. The monoisotopic (exact) mass is 593 g/mol. The molecule has 2 amide bonds. The van der Waals surface area contributed by atoms with E-state index < -0.39 is 23.6 Å². The second-order valence-electron chi connectivity index (χ2n) is 7.86. The van der Waals surface area contributed by atoms with E-state index in [0.717, 1.165) is 25.0 Å². The molecule has 3 rings (SSSR count). The highest BCUT2D eigenvalue weighted by Gasteiger charge is 2.30. The quantitative estimate of drug-likeness (QED) is 0.193. The molecule has 0 saturated heterocycles. The number of hydrogen-bond acceptors (Lipinski definition) is 4. The van der Waals surface area contributed by atoms with Gasteiger partial charge in [-0.15, -0.1) is 0 Å². The molecule has 0 atom stereocenters. The Bertz CT molecular complexity index is 1280. The van der Waals surface area contributed by atoms with E-state index in [0.29, 0.717) is 28.1 Å². The van der Waals surface area contributed by atoms with Crippen molar-refractivity contribution in [1.82, 2.24) is 5.32 Å². The minimum absolute atomic E-state index is 0.0245. The molecule has 0 fully saturated rings. The molecule has 0 bridgehead atoms. The summed E-state index contributed by atoms with van der Waals surface area (Å²) in [5.41, 5.74) is 0.200. The van der Waals surface area contributed by atoms with E-state index in [4.69, 9.17) is 17.0 Å². The molecule has 0 aliphatic carbocycles. The van der Waals surface area contributed by atoms with E-state index in [1.807, 2.05) is 6.92 Å². The number of ether oxygens (including phenoxy) is 1. The van der Waals surface area contributed by atoms with Gasteiger partial charge in [-0.05, 0) is 79.3 Å². The molecule has 3 N–H and O–H groups in total. The summed E-state index contributed by atoms with van der Waals surface area (Å²) in [4.78, 5) is 25.2. The third kappa shape index (κ3) is 8.29. The summed E-state index contributed by atoms with van der Waals surface area (Å²) in [5.74, 6) is -0.595. The van der Waals surface area contributed by atoms with E-state index in [9.17, 15) is 22.8 Å². The third-order valence-corrected chi connectivity index (χ3v) is 5.72. The summed E-state index contributed by atoms with van der Waals surface area (Å²) in [6, 6.07) is 15.5. The molecule has 3 aromatic carbocycles. The fraction of sp³-hybridized carbons (Fsp3) is 0.192. The van der Waals surface area contributed by atoms with Gasteiger partial charge >= 0.3 is 6.18 Å². The number of anilines is 2. The fourth-order valence-corrected chi connectivity index (χ4v) is 3.72. The van der Waals surface area contributed by atoms with Gasteiger partial charge in [0.05, 0.1) is 17.7 Å². The second-order valence-corrected chi connectivity index (χ2v) is 9.18. The number of thiocarbonyl (C=S) groups is 1. The van der Waals surface area contributed by atoms with Crippen molar-refractivity contribution in [2.24, 2.45) is 0 Å². The largest absolute Gasteiger partial charge is 0.493 e. The first-order chi connectivity index (χ1) is 17.6. The summed E-state index contributed by atoms with van der Waals surface area (Å²) in [6.07, 6.45) is -2.70. The van der Waals surface area contributed by atoms with Gasteiger partial charge in [0.1, 0.15) is 5.75 Å². The van der Waals surface area contributed by atoms with Crippen molar-refractivity contribution in [2.45, 2.75) is 25.9 Å². The predicted molar refractivity (Wildman–Crippen MR) is 144 cm³/mol. The first-order valence-corrected chi connectivity index (χ1v) is 12.4. The second kappa shape index (κ2) is 12.7. The SMILES string of the molecule is CCCCOc1ccc(Br)cc1C(=O)NC(=S)Nc1ccc(C(=O)Nc2cccc(C(F)(F)F)c2)cc1. The Hall–Kier alpha value is -3.44. The van der Waals surface area contributed by atoms with Crippen LogP contribution in [-0.2, 0) is 6.18 Å². The van der Waals surface area contributed by atoms with Crippen LogP contribution in [0, 0.1) is 0 Å². The van der Waals surface area contributed by atoms with Crippen molar-refractivity contribution < 1.29 is 27.5 Å². The van der Waals surface area contributed by atoms with Crippen LogP contribution in [0.25, 0.3) is 0 Å². The smallest absolute Gasteiger partial charge is 0.416 e. The highest BCUT2D eigenvalue weighted by Crippen LogP contribution is 2.30. The Morgan fingerprint density at radius 2 is 1.68 bits per heavy atom. The minimum Gasteiger partial charge on any atom is -0.493 e. The van der Waals surface area contributed by atoms with Crippen LogP contribution in [-0.4, -0.2) is 23.5 Å². The molecule has 0 aliphatic rings. The average molecular weight is 594 g/mol. The molecule has 0 unspecified atom stereocenters. The Morgan fingerprint density at radius 3 is 2.35 bits per heavy atom. The topological polar surface area (TPSA) is 79.5 Å². The molecular weight excluding hydrogens is 571 g/mol. The molecule has 37 heavy (non-hydrogen) atoms. The zero-order chi connectivity index (χ0) is 27.0. The number of amides is 2. The molecule has 0 radical (unpaired) electrons. The number of rotatable bonds is 8. The van der Waals surface area contributed by atoms with Gasteiger partial charge in [0, 0.05) is 21.4 Å². The summed E-state index contributed by atoms with van der Waals surface area (Å²) >= 11 is 8.59. The Balaban J connectivity index is 1.60. The summed E-state index contributed by atoms with van der Waals surface area (Å²) < 4.78 is 45.1. The number of unbranched alkanes of at least 4 members (excludes halogenated alkanes) is 1.